The van der Waals surface area contributed by atoms with Crippen LogP contribution in [0.2, 0.25) is 0 Å². The summed E-state index contributed by atoms with van der Waals surface area (Å²) in [5, 5.41) is 5.09. The van der Waals surface area contributed by atoms with E-state index in [4.69, 9.17) is 14.2 Å². The molecule has 8 nitrogen and oxygen atoms in total. The molecule has 2 aromatic rings. The minimum Gasteiger partial charge on any atom is -0.497 e. The van der Waals surface area contributed by atoms with Crippen molar-refractivity contribution in [1.82, 2.24) is 5.32 Å². The molecule has 0 radical (unpaired) electrons. The molecular formula is C21H24N2O6. The fourth-order valence-corrected chi connectivity index (χ4v) is 2.36. The summed E-state index contributed by atoms with van der Waals surface area (Å²) in [4.78, 5) is 36.2. The van der Waals surface area contributed by atoms with Gasteiger partial charge in [0, 0.05) is 17.3 Å². The van der Waals surface area contributed by atoms with Crippen LogP contribution in [0.1, 0.15) is 24.2 Å². The summed E-state index contributed by atoms with van der Waals surface area (Å²) in [6.07, 6.45) is -1.03. The van der Waals surface area contributed by atoms with Gasteiger partial charge in [0.15, 0.2) is 6.10 Å². The predicted octanol–water partition coefficient (Wildman–Crippen LogP) is 2.39. The van der Waals surface area contributed by atoms with E-state index in [1.807, 2.05) is 6.92 Å². The molecular weight excluding hydrogens is 376 g/mol. The summed E-state index contributed by atoms with van der Waals surface area (Å²) in [6.45, 7) is 3.48. The first-order chi connectivity index (χ1) is 13.9. The highest BCUT2D eigenvalue weighted by molar-refractivity contribution is 5.97. The lowest BCUT2D eigenvalue weighted by molar-refractivity contribution is -0.152. The van der Waals surface area contributed by atoms with Gasteiger partial charge in [-0.15, -0.1) is 0 Å². The van der Waals surface area contributed by atoms with E-state index in [9.17, 15) is 14.4 Å². The number of ether oxygens (including phenoxy) is 3. The maximum atomic E-state index is 12.2. The van der Waals surface area contributed by atoms with Crippen LogP contribution in [0.15, 0.2) is 48.5 Å². The van der Waals surface area contributed by atoms with Gasteiger partial charge in [0.25, 0.3) is 11.8 Å². The monoisotopic (exact) mass is 400 g/mol. The number of hydrogen-bond acceptors (Lipinski definition) is 6. The van der Waals surface area contributed by atoms with Gasteiger partial charge in [-0.2, -0.15) is 0 Å². The van der Waals surface area contributed by atoms with Crippen molar-refractivity contribution in [2.24, 2.45) is 0 Å². The molecule has 2 rings (SSSR count). The molecule has 1 atom stereocenters. The number of rotatable bonds is 9. The Labute approximate surface area is 169 Å². The lowest BCUT2D eigenvalue weighted by atomic mass is 10.2. The van der Waals surface area contributed by atoms with E-state index >= 15 is 0 Å². The molecule has 2 aromatic carbocycles. The Bertz CT molecular complexity index is 851. The van der Waals surface area contributed by atoms with Gasteiger partial charge in [-0.3, -0.25) is 14.4 Å². The zero-order valence-corrected chi connectivity index (χ0v) is 16.6. The number of hydrogen-bond donors (Lipinski definition) is 2. The van der Waals surface area contributed by atoms with Crippen molar-refractivity contribution in [3.63, 3.8) is 0 Å². The number of anilines is 1. The first kappa shape index (κ1) is 21.7. The molecule has 0 aliphatic rings. The molecule has 0 saturated heterocycles. The number of esters is 1. The number of benzene rings is 2. The number of nitrogens with one attached hydrogen (secondary N) is 2. The zero-order chi connectivity index (χ0) is 21.2. The van der Waals surface area contributed by atoms with Crippen LogP contribution in [-0.4, -0.2) is 44.1 Å². The molecule has 0 aliphatic carbocycles. The Morgan fingerprint density at radius 3 is 2.41 bits per heavy atom. The predicted molar refractivity (Wildman–Crippen MR) is 107 cm³/mol. The topological polar surface area (TPSA) is 103 Å². The third-order valence-corrected chi connectivity index (χ3v) is 3.84. The second-order valence-corrected chi connectivity index (χ2v) is 5.99. The van der Waals surface area contributed by atoms with Crippen LogP contribution in [0.25, 0.3) is 0 Å². The van der Waals surface area contributed by atoms with Crippen LogP contribution in [0.5, 0.6) is 11.5 Å². The third-order valence-electron chi connectivity index (χ3n) is 3.84. The molecule has 2 amide bonds. The van der Waals surface area contributed by atoms with Crippen molar-refractivity contribution in [2.45, 2.75) is 20.0 Å². The van der Waals surface area contributed by atoms with Crippen molar-refractivity contribution in [3.8, 4) is 11.5 Å². The van der Waals surface area contributed by atoms with E-state index in [-0.39, 0.29) is 6.54 Å². The molecule has 0 spiro atoms. The molecule has 0 fully saturated rings. The quantitative estimate of drug-likeness (QED) is 0.627. The van der Waals surface area contributed by atoms with Gasteiger partial charge in [-0.1, -0.05) is 6.07 Å². The normalized spacial score (nSPS) is 11.1. The summed E-state index contributed by atoms with van der Waals surface area (Å²) in [7, 11) is 1.52. The Kier molecular flexibility index (Phi) is 8.02. The summed E-state index contributed by atoms with van der Waals surface area (Å²) >= 11 is 0. The molecule has 0 aromatic heterocycles. The minimum atomic E-state index is -1.03. The first-order valence-corrected chi connectivity index (χ1v) is 9.08. The highest BCUT2D eigenvalue weighted by Crippen LogP contribution is 2.17. The van der Waals surface area contributed by atoms with Crippen LogP contribution in [0, 0.1) is 0 Å². The third kappa shape index (κ3) is 6.84. The Morgan fingerprint density at radius 2 is 1.76 bits per heavy atom. The summed E-state index contributed by atoms with van der Waals surface area (Å²) in [5.74, 6) is -0.413. The summed E-state index contributed by atoms with van der Waals surface area (Å²) in [5.41, 5.74) is 0.895. The van der Waals surface area contributed by atoms with Gasteiger partial charge in [-0.05, 0) is 50.2 Å². The van der Waals surface area contributed by atoms with Crippen LogP contribution >= 0.6 is 0 Å². The van der Waals surface area contributed by atoms with Crippen LogP contribution < -0.4 is 20.1 Å². The van der Waals surface area contributed by atoms with Gasteiger partial charge in [0.1, 0.15) is 18.0 Å². The van der Waals surface area contributed by atoms with E-state index in [1.165, 1.54) is 14.0 Å². The lowest BCUT2D eigenvalue weighted by Crippen LogP contribution is -2.35. The number of carbonyl (C=O) groups is 3. The lowest BCUT2D eigenvalue weighted by Gasteiger charge is -2.14. The maximum Gasteiger partial charge on any atom is 0.326 e. The Hall–Kier alpha value is -3.55. The standard InChI is InChI=1S/C21H24N2O6/c1-4-28-17-10-8-15(9-11-17)21(26)22-13-19(24)29-14(2)20(25)23-16-6-5-7-18(12-16)27-3/h5-12,14H,4,13H2,1-3H3,(H,22,26)(H,23,25)/t14-/m1/s1. The summed E-state index contributed by atoms with van der Waals surface area (Å²) < 4.78 is 15.5. The zero-order valence-electron chi connectivity index (χ0n) is 16.6. The van der Waals surface area contributed by atoms with E-state index in [0.717, 1.165) is 0 Å². The molecule has 154 valence electrons. The van der Waals surface area contributed by atoms with Crippen LogP contribution in [0.4, 0.5) is 5.69 Å². The van der Waals surface area contributed by atoms with Gasteiger partial charge < -0.3 is 24.8 Å². The van der Waals surface area contributed by atoms with E-state index in [0.29, 0.717) is 29.4 Å². The van der Waals surface area contributed by atoms with Gasteiger partial charge >= 0.3 is 5.97 Å². The molecule has 0 bridgehead atoms. The fourth-order valence-electron chi connectivity index (χ4n) is 2.36. The second kappa shape index (κ2) is 10.7. The maximum absolute atomic E-state index is 12.2. The van der Waals surface area contributed by atoms with Gasteiger partial charge in [0.05, 0.1) is 13.7 Å². The van der Waals surface area contributed by atoms with Crippen molar-refractivity contribution >= 4 is 23.5 Å². The van der Waals surface area contributed by atoms with Crippen molar-refractivity contribution in [1.29, 1.82) is 0 Å². The van der Waals surface area contributed by atoms with Crippen molar-refractivity contribution in [3.05, 3.63) is 54.1 Å². The van der Waals surface area contributed by atoms with E-state index in [2.05, 4.69) is 10.6 Å². The SMILES string of the molecule is CCOc1ccc(C(=O)NCC(=O)O[C@H](C)C(=O)Nc2cccc(OC)c2)cc1. The number of carbonyl (C=O) groups excluding carboxylic acids is 3. The summed E-state index contributed by atoms with van der Waals surface area (Å²) in [6, 6.07) is 13.3. The van der Waals surface area contributed by atoms with Crippen LogP contribution in [-0.2, 0) is 14.3 Å². The van der Waals surface area contributed by atoms with Crippen molar-refractivity contribution < 1.29 is 28.6 Å². The Balaban J connectivity index is 1.79. The van der Waals surface area contributed by atoms with Gasteiger partial charge in [0.2, 0.25) is 0 Å². The first-order valence-electron chi connectivity index (χ1n) is 9.08. The fraction of sp³-hybridized carbons (Fsp3) is 0.286. The smallest absolute Gasteiger partial charge is 0.326 e. The molecule has 8 heteroatoms. The molecule has 29 heavy (non-hydrogen) atoms. The largest absolute Gasteiger partial charge is 0.497 e. The molecule has 0 heterocycles. The van der Waals surface area contributed by atoms with E-state index in [1.54, 1.807) is 48.5 Å². The van der Waals surface area contributed by atoms with Crippen molar-refractivity contribution in [2.75, 3.05) is 25.6 Å². The highest BCUT2D eigenvalue weighted by Gasteiger charge is 2.19. The van der Waals surface area contributed by atoms with Gasteiger partial charge in [-0.25, -0.2) is 0 Å². The molecule has 0 aliphatic heterocycles. The minimum absolute atomic E-state index is 0.358. The highest BCUT2D eigenvalue weighted by atomic mass is 16.5. The molecule has 0 saturated carbocycles. The average Bonchev–Trinajstić information content (AvgIpc) is 2.72. The molecule has 0 unspecified atom stereocenters. The second-order valence-electron chi connectivity index (χ2n) is 5.99. The molecule has 2 N–H and O–H groups in total. The van der Waals surface area contributed by atoms with Crippen LogP contribution in [0.3, 0.4) is 0 Å². The Morgan fingerprint density at radius 1 is 1.03 bits per heavy atom. The van der Waals surface area contributed by atoms with E-state index < -0.39 is 23.9 Å². The number of amides is 2. The average molecular weight is 400 g/mol. The number of methoxy groups -OCH3 is 1.